The quantitative estimate of drug-likeness (QED) is 0.880. The first-order valence-corrected chi connectivity index (χ1v) is 4.97. The summed E-state index contributed by atoms with van der Waals surface area (Å²) >= 11 is 0. The molecular weight excluding hydrogens is 222 g/mol. The lowest BCUT2D eigenvalue weighted by molar-refractivity contribution is 0.0686. The van der Waals surface area contributed by atoms with Gasteiger partial charge in [0.2, 0.25) is 0 Å². The van der Waals surface area contributed by atoms with E-state index in [1.54, 1.807) is 38.3 Å². The van der Waals surface area contributed by atoms with Crippen molar-refractivity contribution in [2.45, 2.75) is 6.92 Å². The van der Waals surface area contributed by atoms with Crippen LogP contribution in [0, 0.1) is 6.92 Å². The molecule has 1 heterocycles. The van der Waals surface area contributed by atoms with E-state index < -0.39 is 5.97 Å². The van der Waals surface area contributed by atoms with E-state index in [4.69, 9.17) is 14.4 Å². The summed E-state index contributed by atoms with van der Waals surface area (Å²) in [6, 6.07) is 7.05. The van der Waals surface area contributed by atoms with Crippen LogP contribution in [0.3, 0.4) is 0 Å². The second kappa shape index (κ2) is 4.29. The highest BCUT2D eigenvalue weighted by atomic mass is 16.5. The average molecular weight is 233 g/mol. The van der Waals surface area contributed by atoms with Gasteiger partial charge in [0.25, 0.3) is 0 Å². The molecule has 5 nitrogen and oxygen atoms in total. The third-order valence-corrected chi connectivity index (χ3v) is 2.44. The smallest absolute Gasteiger partial charge is 0.358 e. The van der Waals surface area contributed by atoms with Crippen LogP contribution in [0.2, 0.25) is 0 Å². The van der Waals surface area contributed by atoms with Gasteiger partial charge in [-0.05, 0) is 24.6 Å². The second-order valence-electron chi connectivity index (χ2n) is 3.50. The van der Waals surface area contributed by atoms with Crippen molar-refractivity contribution in [2.75, 3.05) is 7.11 Å². The maximum atomic E-state index is 11.0. The number of ether oxygens (including phenoxy) is 1. The Morgan fingerprint density at radius 3 is 2.53 bits per heavy atom. The zero-order chi connectivity index (χ0) is 12.4. The van der Waals surface area contributed by atoms with Crippen molar-refractivity contribution in [2.24, 2.45) is 0 Å². The summed E-state index contributed by atoms with van der Waals surface area (Å²) < 4.78 is 9.94. The maximum absolute atomic E-state index is 11.0. The largest absolute Gasteiger partial charge is 0.497 e. The lowest BCUT2D eigenvalue weighted by Gasteiger charge is -2.02. The number of hydrogen-bond acceptors (Lipinski definition) is 4. The molecule has 0 aliphatic heterocycles. The van der Waals surface area contributed by atoms with Crippen LogP contribution in [0.4, 0.5) is 0 Å². The van der Waals surface area contributed by atoms with Gasteiger partial charge < -0.3 is 14.4 Å². The average Bonchev–Trinajstić information content (AvgIpc) is 2.71. The molecule has 0 saturated carbocycles. The minimum Gasteiger partial charge on any atom is -0.497 e. The number of nitrogens with zero attached hydrogens (tertiary/aromatic N) is 1. The maximum Gasteiger partial charge on any atom is 0.358 e. The van der Waals surface area contributed by atoms with Gasteiger partial charge in [-0.1, -0.05) is 17.3 Å². The SMILES string of the molecule is COc1ccc(-c2c(C(=O)O)noc2C)cc1. The summed E-state index contributed by atoms with van der Waals surface area (Å²) in [5.74, 6) is 0.0833. The fourth-order valence-electron chi connectivity index (χ4n) is 1.62. The fourth-order valence-corrected chi connectivity index (χ4v) is 1.62. The number of carbonyl (C=O) groups is 1. The van der Waals surface area contributed by atoms with Crippen LogP contribution in [-0.2, 0) is 0 Å². The zero-order valence-corrected chi connectivity index (χ0v) is 9.43. The molecule has 0 amide bonds. The Hall–Kier alpha value is -2.30. The Morgan fingerprint density at radius 1 is 1.35 bits per heavy atom. The van der Waals surface area contributed by atoms with E-state index in [1.807, 2.05) is 0 Å². The van der Waals surface area contributed by atoms with Gasteiger partial charge in [-0.15, -0.1) is 0 Å². The van der Waals surface area contributed by atoms with Crippen LogP contribution in [0.15, 0.2) is 28.8 Å². The summed E-state index contributed by atoms with van der Waals surface area (Å²) in [4.78, 5) is 11.0. The van der Waals surface area contributed by atoms with Gasteiger partial charge in [-0.2, -0.15) is 0 Å². The minimum absolute atomic E-state index is 0.0762. The number of rotatable bonds is 3. The van der Waals surface area contributed by atoms with E-state index in [9.17, 15) is 4.79 Å². The second-order valence-corrected chi connectivity index (χ2v) is 3.50. The Kier molecular flexibility index (Phi) is 2.82. The highest BCUT2D eigenvalue weighted by molar-refractivity contribution is 5.94. The summed E-state index contributed by atoms with van der Waals surface area (Å²) in [7, 11) is 1.57. The first kappa shape index (κ1) is 11.2. The van der Waals surface area contributed by atoms with Crippen molar-refractivity contribution in [3.05, 3.63) is 35.7 Å². The number of hydrogen-bond donors (Lipinski definition) is 1. The molecule has 17 heavy (non-hydrogen) atoms. The van der Waals surface area contributed by atoms with Crippen LogP contribution >= 0.6 is 0 Å². The normalized spacial score (nSPS) is 10.2. The number of carboxylic acids is 1. The van der Waals surface area contributed by atoms with E-state index in [0.29, 0.717) is 17.1 Å². The monoisotopic (exact) mass is 233 g/mol. The van der Waals surface area contributed by atoms with Crippen molar-refractivity contribution in [3.8, 4) is 16.9 Å². The fraction of sp³-hybridized carbons (Fsp3) is 0.167. The molecule has 5 heteroatoms. The van der Waals surface area contributed by atoms with Crippen molar-refractivity contribution in [1.29, 1.82) is 0 Å². The molecule has 0 aliphatic rings. The van der Waals surface area contributed by atoms with E-state index >= 15 is 0 Å². The number of aryl methyl sites for hydroxylation is 1. The highest BCUT2D eigenvalue weighted by Gasteiger charge is 2.20. The molecule has 2 rings (SSSR count). The van der Waals surface area contributed by atoms with Gasteiger partial charge in [0, 0.05) is 0 Å². The third-order valence-electron chi connectivity index (χ3n) is 2.44. The van der Waals surface area contributed by atoms with Gasteiger partial charge >= 0.3 is 5.97 Å². The van der Waals surface area contributed by atoms with E-state index in [-0.39, 0.29) is 5.69 Å². The van der Waals surface area contributed by atoms with Crippen LogP contribution in [0.25, 0.3) is 11.1 Å². The van der Waals surface area contributed by atoms with Gasteiger partial charge in [0.05, 0.1) is 12.7 Å². The zero-order valence-electron chi connectivity index (χ0n) is 9.43. The Morgan fingerprint density at radius 2 is 2.00 bits per heavy atom. The van der Waals surface area contributed by atoms with Crippen LogP contribution in [0.5, 0.6) is 5.75 Å². The van der Waals surface area contributed by atoms with Crippen molar-refractivity contribution < 1.29 is 19.2 Å². The van der Waals surface area contributed by atoms with Gasteiger partial charge in [-0.3, -0.25) is 0 Å². The lowest BCUT2D eigenvalue weighted by atomic mass is 10.0. The highest BCUT2D eigenvalue weighted by Crippen LogP contribution is 2.28. The molecule has 0 aliphatic carbocycles. The van der Waals surface area contributed by atoms with E-state index in [2.05, 4.69) is 5.16 Å². The Labute approximate surface area is 97.6 Å². The molecule has 0 fully saturated rings. The number of carboxylic acid groups (broad SMARTS) is 1. The number of benzene rings is 1. The van der Waals surface area contributed by atoms with Crippen LogP contribution in [0.1, 0.15) is 16.2 Å². The van der Waals surface area contributed by atoms with Crippen molar-refractivity contribution in [3.63, 3.8) is 0 Å². The standard InChI is InChI=1S/C12H11NO4/c1-7-10(11(12(14)15)13-17-7)8-3-5-9(16-2)6-4-8/h3-6H,1-2H3,(H,14,15). The first-order valence-electron chi connectivity index (χ1n) is 4.97. The molecule has 0 bridgehead atoms. The molecule has 88 valence electrons. The van der Waals surface area contributed by atoms with Crippen molar-refractivity contribution >= 4 is 5.97 Å². The molecular formula is C12H11NO4. The third kappa shape index (κ3) is 1.99. The van der Waals surface area contributed by atoms with Crippen LogP contribution < -0.4 is 4.74 Å². The number of aromatic nitrogens is 1. The van der Waals surface area contributed by atoms with Crippen molar-refractivity contribution in [1.82, 2.24) is 5.16 Å². The molecule has 1 aromatic carbocycles. The van der Waals surface area contributed by atoms with E-state index in [1.165, 1.54) is 0 Å². The first-order chi connectivity index (χ1) is 8.13. The Bertz CT molecular complexity index is 542. The molecule has 1 aromatic heterocycles. The van der Waals surface area contributed by atoms with Crippen LogP contribution in [-0.4, -0.2) is 23.3 Å². The number of aromatic carboxylic acids is 1. The van der Waals surface area contributed by atoms with E-state index in [0.717, 1.165) is 5.56 Å². The topological polar surface area (TPSA) is 72.6 Å². The molecule has 0 radical (unpaired) electrons. The predicted molar refractivity (Wildman–Crippen MR) is 60.2 cm³/mol. The number of methoxy groups -OCH3 is 1. The molecule has 0 saturated heterocycles. The molecule has 0 spiro atoms. The molecule has 0 atom stereocenters. The van der Waals surface area contributed by atoms with Gasteiger partial charge in [-0.25, -0.2) is 4.79 Å². The van der Waals surface area contributed by atoms with Gasteiger partial charge in [0.1, 0.15) is 11.5 Å². The predicted octanol–water partition coefficient (Wildman–Crippen LogP) is 2.36. The minimum atomic E-state index is -1.10. The summed E-state index contributed by atoms with van der Waals surface area (Å²) in [6.45, 7) is 1.68. The summed E-state index contributed by atoms with van der Waals surface area (Å²) in [5, 5.41) is 12.5. The molecule has 0 unspecified atom stereocenters. The lowest BCUT2D eigenvalue weighted by Crippen LogP contribution is -1.99. The summed E-state index contributed by atoms with van der Waals surface area (Å²) in [6.07, 6.45) is 0. The molecule has 2 aromatic rings. The molecule has 1 N–H and O–H groups in total. The Balaban J connectivity index is 2.51. The van der Waals surface area contributed by atoms with Gasteiger partial charge in [0.15, 0.2) is 5.69 Å². The summed E-state index contributed by atoms with van der Waals surface area (Å²) in [5.41, 5.74) is 1.16.